The third-order valence-corrected chi connectivity index (χ3v) is 1.47. The van der Waals surface area contributed by atoms with Gasteiger partial charge in [0.25, 0.3) is 17.9 Å². The second kappa shape index (κ2) is 25.9. The zero-order chi connectivity index (χ0) is 15.7. The van der Waals surface area contributed by atoms with Gasteiger partial charge in [0.1, 0.15) is 0 Å². The maximum atomic E-state index is 10.1. The van der Waals surface area contributed by atoms with Crippen LogP contribution in [0.1, 0.15) is 34.6 Å². The third kappa shape index (κ3) is 855. The summed E-state index contributed by atoms with van der Waals surface area (Å²) in [5.41, 5.74) is 0. The maximum Gasteiger partial charge on any atom is 3.00 e. The summed E-state index contributed by atoms with van der Waals surface area (Å²) >= 11 is 0.125. The molecule has 0 aliphatic carbocycles. The molecule has 0 atom stereocenters. The number of carboxylic acids is 3. The van der Waals surface area contributed by atoms with E-state index in [1.807, 2.05) is 6.92 Å². The number of rotatable bonds is 2. The summed E-state index contributed by atoms with van der Waals surface area (Å²) in [5.74, 6) is -2.50. The first-order chi connectivity index (χ1) is 7.97. The van der Waals surface area contributed by atoms with Gasteiger partial charge in [-0.1, -0.05) is 0 Å². The summed E-state index contributed by atoms with van der Waals surface area (Å²) in [6.45, 7) is 6.94. The molecule has 0 saturated heterocycles. The molecule has 0 aromatic heterocycles. The van der Waals surface area contributed by atoms with E-state index < -0.39 is 17.9 Å². The van der Waals surface area contributed by atoms with Crippen molar-refractivity contribution in [3.63, 3.8) is 0 Å². The van der Waals surface area contributed by atoms with Crippen LogP contribution in [0.15, 0.2) is 0 Å². The zero-order valence-corrected chi connectivity index (χ0v) is 14.1. The molecule has 0 rings (SSSR count). The summed E-state index contributed by atoms with van der Waals surface area (Å²) in [6, 6.07) is 0. The van der Waals surface area contributed by atoms with Crippen molar-refractivity contribution < 1.29 is 34.5 Å². The quantitative estimate of drug-likeness (QED) is 0.636. The van der Waals surface area contributed by atoms with Gasteiger partial charge in [-0.15, -0.1) is 0 Å². The van der Waals surface area contributed by atoms with E-state index in [-0.39, 0.29) is 32.6 Å². The Bertz CT molecular complexity index is 214. The maximum absolute atomic E-state index is 10.1. The number of carbonyl (C=O) groups is 4. The minimum atomic E-state index is -0.833. The largest absolute Gasteiger partial charge is 3.00 e. The molecule has 0 unspecified atom stereocenters. The van der Waals surface area contributed by atoms with E-state index in [0.29, 0.717) is 4.65 Å². The second-order valence-corrected chi connectivity index (χ2v) is 4.82. The van der Waals surface area contributed by atoms with Gasteiger partial charge in [-0.05, 0) is 0 Å². The van der Waals surface area contributed by atoms with Crippen molar-refractivity contribution in [2.75, 3.05) is 0 Å². The predicted octanol–water partition coefficient (Wildman–Crippen LogP) is 0.567. The van der Waals surface area contributed by atoms with Crippen LogP contribution in [0.4, 0.5) is 0 Å². The average Bonchev–Trinajstić information content (AvgIpc) is 1.98. The fourth-order valence-electron chi connectivity index (χ4n) is 0.287. The standard InChI is InChI=1S/3C2H4O2.C2H3O.C2H5.2Al/c3*1-2(3)4;1-2-3;1-2;;/h3*1H3,(H,3,4);1H3;1H2,2H3;;/q;;;;;+1;+3. The van der Waals surface area contributed by atoms with Crippen LogP contribution in [0, 0.1) is 0 Å². The molecule has 0 spiro atoms. The van der Waals surface area contributed by atoms with Crippen LogP contribution in [-0.4, -0.2) is 70.5 Å². The summed E-state index contributed by atoms with van der Waals surface area (Å²) < 4.78 is 0.373. The molecule has 19 heavy (non-hydrogen) atoms. The van der Waals surface area contributed by atoms with Crippen molar-refractivity contribution >= 4 is 55.1 Å². The molecule has 0 heterocycles. The van der Waals surface area contributed by atoms with Crippen LogP contribution >= 0.6 is 0 Å². The molecular formula is C10H20Al2O7+4. The van der Waals surface area contributed by atoms with Crippen molar-refractivity contribution in [1.29, 1.82) is 0 Å². The molecule has 0 amide bonds. The van der Waals surface area contributed by atoms with Gasteiger partial charge in [-0.25, -0.2) is 0 Å². The first-order valence-corrected chi connectivity index (χ1v) is 6.29. The van der Waals surface area contributed by atoms with Crippen LogP contribution < -0.4 is 0 Å². The van der Waals surface area contributed by atoms with E-state index in [4.69, 9.17) is 29.7 Å². The number of hydrogen-bond acceptors (Lipinski definition) is 4. The van der Waals surface area contributed by atoms with Crippen molar-refractivity contribution in [3.05, 3.63) is 0 Å². The smallest absolute Gasteiger partial charge is 3.00 e. The number of carbonyl (C=O) groups excluding carboxylic acids is 1. The Labute approximate surface area is 129 Å². The second-order valence-electron chi connectivity index (χ2n) is 2.78. The molecule has 9 heteroatoms. The first kappa shape index (κ1) is 30.9. The van der Waals surface area contributed by atoms with E-state index in [0.717, 1.165) is 26.1 Å². The summed E-state index contributed by atoms with van der Waals surface area (Å²) in [4.78, 5) is 37.1. The SMILES string of the molecule is CC(=O)O.CC(=O)O.CC(=O)O.C[CH2][Al+][C](C)=O.[Al+3]. The zero-order valence-electron chi connectivity index (χ0n) is 11.8. The van der Waals surface area contributed by atoms with E-state index in [9.17, 15) is 4.79 Å². The van der Waals surface area contributed by atoms with Gasteiger partial charge >= 0.3 is 61.2 Å². The van der Waals surface area contributed by atoms with E-state index in [1.54, 1.807) is 6.92 Å². The molecule has 0 aliphatic rings. The van der Waals surface area contributed by atoms with Gasteiger partial charge in [0.15, 0.2) is 0 Å². The van der Waals surface area contributed by atoms with E-state index >= 15 is 0 Å². The Hall–Kier alpha value is -0.855. The molecule has 0 fully saturated rings. The Kier molecular flexibility index (Phi) is 42.0. The average molecular weight is 306 g/mol. The summed E-state index contributed by atoms with van der Waals surface area (Å²) in [5, 5.41) is 23.3. The summed E-state index contributed by atoms with van der Waals surface area (Å²) in [6.07, 6.45) is 0. The molecule has 0 radical (unpaired) electrons. The van der Waals surface area contributed by atoms with Crippen LogP contribution in [0.2, 0.25) is 5.28 Å². The molecule has 0 aromatic rings. The first-order valence-electron chi connectivity index (χ1n) is 4.89. The Morgan fingerprint density at radius 3 is 0.947 bits per heavy atom. The monoisotopic (exact) mass is 306 g/mol. The van der Waals surface area contributed by atoms with E-state index in [1.165, 1.54) is 0 Å². The van der Waals surface area contributed by atoms with Crippen molar-refractivity contribution in [2.24, 2.45) is 0 Å². The minimum Gasteiger partial charge on any atom is 3.00 e. The number of hydrogen-bond donors (Lipinski definition) is 3. The van der Waals surface area contributed by atoms with Crippen LogP contribution in [0.25, 0.3) is 0 Å². The molecule has 0 aromatic carbocycles. The van der Waals surface area contributed by atoms with Gasteiger partial charge in [-0.2, -0.15) is 0 Å². The van der Waals surface area contributed by atoms with Crippen LogP contribution in [0.3, 0.4) is 0 Å². The number of aliphatic carboxylic acids is 3. The Morgan fingerprint density at radius 1 is 0.789 bits per heavy atom. The van der Waals surface area contributed by atoms with Gasteiger partial charge in [0, 0.05) is 20.8 Å². The predicted molar refractivity (Wildman–Crippen MR) is 72.6 cm³/mol. The fraction of sp³-hybridized carbons (Fsp3) is 0.600. The van der Waals surface area contributed by atoms with Crippen molar-refractivity contribution in [2.45, 2.75) is 39.9 Å². The molecular weight excluding hydrogens is 286 g/mol. The molecule has 3 N–H and O–H groups in total. The van der Waals surface area contributed by atoms with Gasteiger partial charge in [0.05, 0.1) is 0 Å². The third-order valence-electron chi connectivity index (χ3n) is 0.492. The van der Waals surface area contributed by atoms with Crippen LogP contribution in [0.5, 0.6) is 0 Å². The molecule has 7 nitrogen and oxygen atoms in total. The molecule has 0 saturated carbocycles. The number of carboxylic acid groups (broad SMARTS) is 3. The Balaban J connectivity index is -0.0000000459. The van der Waals surface area contributed by atoms with Gasteiger partial charge in [0.2, 0.25) is 0 Å². The Morgan fingerprint density at radius 2 is 0.947 bits per heavy atom. The normalized spacial score (nSPS) is 6.16. The summed E-state index contributed by atoms with van der Waals surface area (Å²) in [7, 11) is 0. The molecule has 104 valence electrons. The minimum absolute atomic E-state index is 0. The van der Waals surface area contributed by atoms with Crippen molar-refractivity contribution in [3.8, 4) is 0 Å². The molecule has 0 aliphatic heterocycles. The van der Waals surface area contributed by atoms with E-state index in [2.05, 4.69) is 0 Å². The molecule has 0 bridgehead atoms. The topological polar surface area (TPSA) is 129 Å². The van der Waals surface area contributed by atoms with Crippen molar-refractivity contribution in [1.82, 2.24) is 0 Å². The van der Waals surface area contributed by atoms with Crippen LogP contribution in [-0.2, 0) is 19.2 Å². The van der Waals surface area contributed by atoms with Gasteiger partial charge < -0.3 is 15.3 Å². The van der Waals surface area contributed by atoms with Gasteiger partial charge in [-0.3, -0.25) is 14.4 Å². The fourth-order valence-corrected chi connectivity index (χ4v) is 0.862.